The van der Waals surface area contributed by atoms with Crippen LogP contribution in [0.3, 0.4) is 0 Å². The van der Waals surface area contributed by atoms with E-state index in [-0.39, 0.29) is 5.91 Å². The lowest BCUT2D eigenvalue weighted by Gasteiger charge is -2.36. The third-order valence-corrected chi connectivity index (χ3v) is 6.02. The second kappa shape index (κ2) is 8.38. The van der Waals surface area contributed by atoms with Crippen molar-refractivity contribution in [1.29, 1.82) is 0 Å². The van der Waals surface area contributed by atoms with Crippen LogP contribution in [0, 0.1) is 5.41 Å². The van der Waals surface area contributed by atoms with Gasteiger partial charge < -0.3 is 10.1 Å². The van der Waals surface area contributed by atoms with Crippen molar-refractivity contribution in [1.82, 2.24) is 5.32 Å². The molecule has 2 fully saturated rings. The second-order valence-electron chi connectivity index (χ2n) is 6.50. The Kier molecular flexibility index (Phi) is 6.82. The largest absolute Gasteiger partial charge is 0.378 e. The summed E-state index contributed by atoms with van der Waals surface area (Å²) in [6.45, 7) is 1.71. The van der Waals surface area contributed by atoms with Crippen LogP contribution in [0.15, 0.2) is 0 Å². The lowest BCUT2D eigenvalue weighted by atomic mass is 9.75. The number of carbonyl (C=O) groups excluding carboxylic acids is 1. The lowest BCUT2D eigenvalue weighted by Crippen LogP contribution is -2.40. The van der Waals surface area contributed by atoms with Crippen molar-refractivity contribution in [3.63, 3.8) is 0 Å². The molecule has 1 unspecified atom stereocenters. The highest BCUT2D eigenvalue weighted by atomic mass is 79.9. The van der Waals surface area contributed by atoms with Gasteiger partial charge in [0.1, 0.15) is 0 Å². The quantitative estimate of drug-likeness (QED) is 0.743. The minimum Gasteiger partial charge on any atom is -0.378 e. The van der Waals surface area contributed by atoms with E-state index >= 15 is 0 Å². The highest BCUT2D eigenvalue weighted by molar-refractivity contribution is 9.09. The molecule has 1 saturated heterocycles. The zero-order valence-electron chi connectivity index (χ0n) is 12.5. The molecule has 116 valence electrons. The third-order valence-electron chi connectivity index (χ3n) is 4.83. The summed E-state index contributed by atoms with van der Waals surface area (Å²) in [7, 11) is 0. The van der Waals surface area contributed by atoms with Gasteiger partial charge in [0.2, 0.25) is 5.91 Å². The van der Waals surface area contributed by atoms with Gasteiger partial charge >= 0.3 is 0 Å². The Hall–Kier alpha value is -0.0900. The standard InChI is InChI=1S/C16H28BrNO2/c17-12-16(9-3-1-4-10-16)13-18-15(19)8-7-14-6-2-5-11-20-14/h14H,1-13H2,(H,18,19). The summed E-state index contributed by atoms with van der Waals surface area (Å²) >= 11 is 3.65. The minimum atomic E-state index is 0.199. The van der Waals surface area contributed by atoms with Crippen LogP contribution in [0.25, 0.3) is 0 Å². The first-order valence-corrected chi connectivity index (χ1v) is 9.31. The van der Waals surface area contributed by atoms with Crippen molar-refractivity contribution < 1.29 is 9.53 Å². The summed E-state index contributed by atoms with van der Waals surface area (Å²) in [6.07, 6.45) is 11.8. The number of ether oxygens (including phenoxy) is 1. The smallest absolute Gasteiger partial charge is 0.220 e. The van der Waals surface area contributed by atoms with Gasteiger partial charge in [-0.15, -0.1) is 0 Å². The predicted molar refractivity (Wildman–Crippen MR) is 85.1 cm³/mol. The summed E-state index contributed by atoms with van der Waals surface area (Å²) in [5.41, 5.74) is 0.301. The molecule has 2 aliphatic rings. The molecule has 0 bridgehead atoms. The van der Waals surface area contributed by atoms with Crippen molar-refractivity contribution in [3.05, 3.63) is 0 Å². The molecule has 0 aromatic carbocycles. The zero-order valence-corrected chi connectivity index (χ0v) is 14.1. The van der Waals surface area contributed by atoms with Gasteiger partial charge in [0, 0.05) is 24.9 Å². The van der Waals surface area contributed by atoms with E-state index in [2.05, 4.69) is 21.2 Å². The summed E-state index contributed by atoms with van der Waals surface area (Å²) in [5.74, 6) is 0.199. The van der Waals surface area contributed by atoms with E-state index in [1.807, 2.05) is 0 Å². The highest BCUT2D eigenvalue weighted by Gasteiger charge is 2.31. The molecule has 2 rings (SSSR count). The first-order valence-electron chi connectivity index (χ1n) is 8.18. The van der Waals surface area contributed by atoms with Crippen molar-refractivity contribution in [2.45, 2.75) is 70.3 Å². The van der Waals surface area contributed by atoms with Gasteiger partial charge in [0.25, 0.3) is 0 Å². The Balaban J connectivity index is 1.65. The Labute approximate surface area is 131 Å². The third kappa shape index (κ3) is 5.03. The van der Waals surface area contributed by atoms with Crippen LogP contribution in [0.1, 0.15) is 64.2 Å². The minimum absolute atomic E-state index is 0.199. The molecule has 1 saturated carbocycles. The average molecular weight is 346 g/mol. The summed E-state index contributed by atoms with van der Waals surface area (Å²) in [6, 6.07) is 0. The van der Waals surface area contributed by atoms with Crippen LogP contribution < -0.4 is 5.32 Å². The molecule has 1 aliphatic heterocycles. The number of amides is 1. The van der Waals surface area contributed by atoms with E-state index in [0.29, 0.717) is 17.9 Å². The molecule has 1 N–H and O–H groups in total. The number of halogens is 1. The maximum atomic E-state index is 12.0. The summed E-state index contributed by atoms with van der Waals surface area (Å²) < 4.78 is 5.68. The molecule has 0 aromatic rings. The Morgan fingerprint density at radius 2 is 2.00 bits per heavy atom. The van der Waals surface area contributed by atoms with Crippen molar-refractivity contribution >= 4 is 21.8 Å². The normalized spacial score (nSPS) is 26.1. The van der Waals surface area contributed by atoms with Crippen LogP contribution in [0.4, 0.5) is 0 Å². The van der Waals surface area contributed by atoms with E-state index in [0.717, 1.165) is 31.3 Å². The van der Waals surface area contributed by atoms with E-state index < -0.39 is 0 Å². The molecule has 1 heterocycles. The van der Waals surface area contributed by atoms with Gasteiger partial charge in [-0.2, -0.15) is 0 Å². The summed E-state index contributed by atoms with van der Waals surface area (Å²) in [4.78, 5) is 12.0. The number of nitrogens with one attached hydrogen (secondary N) is 1. The Bertz CT molecular complexity index is 297. The molecule has 4 heteroatoms. The van der Waals surface area contributed by atoms with Crippen molar-refractivity contribution in [3.8, 4) is 0 Å². The van der Waals surface area contributed by atoms with Gasteiger partial charge in [0.15, 0.2) is 0 Å². The van der Waals surface area contributed by atoms with E-state index in [1.54, 1.807) is 0 Å². The van der Waals surface area contributed by atoms with Gasteiger partial charge in [-0.1, -0.05) is 35.2 Å². The van der Waals surface area contributed by atoms with Gasteiger partial charge in [-0.3, -0.25) is 4.79 Å². The van der Waals surface area contributed by atoms with E-state index in [9.17, 15) is 4.79 Å². The fraction of sp³-hybridized carbons (Fsp3) is 0.938. The van der Waals surface area contributed by atoms with Gasteiger partial charge in [0.05, 0.1) is 6.10 Å². The molecule has 1 atom stereocenters. The first-order chi connectivity index (χ1) is 9.74. The van der Waals surface area contributed by atoms with Crippen LogP contribution in [-0.2, 0) is 9.53 Å². The Morgan fingerprint density at radius 3 is 2.65 bits per heavy atom. The molecule has 0 aromatic heterocycles. The maximum Gasteiger partial charge on any atom is 0.220 e. The lowest BCUT2D eigenvalue weighted by molar-refractivity contribution is -0.122. The van der Waals surface area contributed by atoms with Crippen LogP contribution in [0.2, 0.25) is 0 Å². The second-order valence-corrected chi connectivity index (χ2v) is 7.06. The van der Waals surface area contributed by atoms with Gasteiger partial charge in [-0.05, 0) is 43.9 Å². The fourth-order valence-corrected chi connectivity index (χ4v) is 4.12. The maximum absolute atomic E-state index is 12.0. The predicted octanol–water partition coefficient (Wildman–Crippen LogP) is 3.80. The topological polar surface area (TPSA) is 38.3 Å². The first kappa shape index (κ1) is 16.3. The van der Waals surface area contributed by atoms with Crippen molar-refractivity contribution in [2.24, 2.45) is 5.41 Å². The van der Waals surface area contributed by atoms with Gasteiger partial charge in [-0.25, -0.2) is 0 Å². The molecular weight excluding hydrogens is 318 g/mol. The Morgan fingerprint density at radius 1 is 1.20 bits per heavy atom. The number of hydrogen-bond acceptors (Lipinski definition) is 2. The zero-order chi connectivity index (χ0) is 14.3. The number of carbonyl (C=O) groups is 1. The fourth-order valence-electron chi connectivity index (χ4n) is 3.36. The molecule has 0 radical (unpaired) electrons. The molecule has 1 amide bonds. The van der Waals surface area contributed by atoms with Crippen LogP contribution in [-0.4, -0.2) is 30.5 Å². The van der Waals surface area contributed by atoms with E-state index in [4.69, 9.17) is 4.74 Å². The molecule has 1 aliphatic carbocycles. The van der Waals surface area contributed by atoms with Crippen LogP contribution in [0.5, 0.6) is 0 Å². The molecule has 0 spiro atoms. The van der Waals surface area contributed by atoms with Crippen LogP contribution >= 0.6 is 15.9 Å². The highest BCUT2D eigenvalue weighted by Crippen LogP contribution is 2.37. The SMILES string of the molecule is O=C(CCC1CCCCO1)NCC1(CBr)CCCCC1. The van der Waals surface area contributed by atoms with E-state index in [1.165, 1.54) is 44.9 Å². The number of hydrogen-bond donors (Lipinski definition) is 1. The summed E-state index contributed by atoms with van der Waals surface area (Å²) in [5, 5.41) is 4.17. The molecule has 20 heavy (non-hydrogen) atoms. The number of rotatable bonds is 6. The monoisotopic (exact) mass is 345 g/mol. The molecular formula is C16H28BrNO2. The average Bonchev–Trinajstić information content (AvgIpc) is 2.53. The van der Waals surface area contributed by atoms with Crippen molar-refractivity contribution in [2.75, 3.05) is 18.5 Å². The molecule has 3 nitrogen and oxygen atoms in total. The number of alkyl halides is 1.